The standard InChI is InChI=1S/C17H27NO2/c1-12(16-14(19)6-5-7-15(16)20)18(4)13-8-10-17(2,3)11-9-13/h5-7,12-13,19-20H,8-11H2,1-4H3. The number of rotatable bonds is 3. The van der Waals surface area contributed by atoms with Gasteiger partial charge in [0.15, 0.2) is 0 Å². The Morgan fingerprint density at radius 2 is 1.65 bits per heavy atom. The maximum Gasteiger partial charge on any atom is 0.124 e. The topological polar surface area (TPSA) is 43.7 Å². The van der Waals surface area contributed by atoms with Gasteiger partial charge in [-0.1, -0.05) is 19.9 Å². The summed E-state index contributed by atoms with van der Waals surface area (Å²) in [5.41, 5.74) is 1.09. The lowest BCUT2D eigenvalue weighted by Gasteiger charge is -2.41. The Kier molecular flexibility index (Phi) is 4.28. The van der Waals surface area contributed by atoms with Crippen molar-refractivity contribution in [2.75, 3.05) is 7.05 Å². The zero-order valence-electron chi connectivity index (χ0n) is 13.1. The maximum atomic E-state index is 10.0. The molecule has 1 fully saturated rings. The van der Waals surface area contributed by atoms with Crippen LogP contribution in [0.15, 0.2) is 18.2 Å². The molecule has 0 aromatic heterocycles. The van der Waals surface area contributed by atoms with Crippen LogP contribution < -0.4 is 0 Å². The van der Waals surface area contributed by atoms with Crippen molar-refractivity contribution in [2.45, 2.75) is 58.5 Å². The lowest BCUT2D eigenvalue weighted by Crippen LogP contribution is -2.38. The number of hydrogen-bond donors (Lipinski definition) is 2. The Balaban J connectivity index is 2.11. The minimum Gasteiger partial charge on any atom is -0.507 e. The van der Waals surface area contributed by atoms with E-state index in [0.29, 0.717) is 17.0 Å². The molecule has 1 aliphatic rings. The van der Waals surface area contributed by atoms with Gasteiger partial charge in [0.2, 0.25) is 0 Å². The summed E-state index contributed by atoms with van der Waals surface area (Å²) in [6.45, 7) is 6.72. The van der Waals surface area contributed by atoms with E-state index in [9.17, 15) is 10.2 Å². The SMILES string of the molecule is CC(c1c(O)cccc1O)N(C)C1CCC(C)(C)CC1. The molecule has 20 heavy (non-hydrogen) atoms. The molecule has 2 rings (SSSR count). The van der Waals surface area contributed by atoms with Crippen molar-refractivity contribution in [2.24, 2.45) is 5.41 Å². The Morgan fingerprint density at radius 3 is 2.15 bits per heavy atom. The van der Waals surface area contributed by atoms with Crippen LogP contribution in [0.3, 0.4) is 0 Å². The average molecular weight is 277 g/mol. The number of hydrogen-bond acceptors (Lipinski definition) is 3. The van der Waals surface area contributed by atoms with Crippen LogP contribution in [-0.4, -0.2) is 28.2 Å². The highest BCUT2D eigenvalue weighted by atomic mass is 16.3. The Morgan fingerprint density at radius 1 is 1.15 bits per heavy atom. The molecule has 0 heterocycles. The largest absolute Gasteiger partial charge is 0.507 e. The van der Waals surface area contributed by atoms with Gasteiger partial charge in [-0.2, -0.15) is 0 Å². The number of nitrogens with zero attached hydrogens (tertiary/aromatic N) is 1. The molecular formula is C17H27NO2. The van der Waals surface area contributed by atoms with Crippen LogP contribution in [0.2, 0.25) is 0 Å². The molecule has 0 bridgehead atoms. The number of benzene rings is 1. The Hall–Kier alpha value is -1.22. The third-order valence-corrected chi connectivity index (χ3v) is 4.97. The van der Waals surface area contributed by atoms with Crippen molar-refractivity contribution in [3.63, 3.8) is 0 Å². The molecule has 112 valence electrons. The molecule has 0 amide bonds. The summed E-state index contributed by atoms with van der Waals surface area (Å²) in [5, 5.41) is 20.0. The highest BCUT2D eigenvalue weighted by molar-refractivity contribution is 5.45. The van der Waals surface area contributed by atoms with E-state index in [1.54, 1.807) is 18.2 Å². The molecule has 3 heteroatoms. The van der Waals surface area contributed by atoms with E-state index >= 15 is 0 Å². The van der Waals surface area contributed by atoms with Gasteiger partial charge in [-0.05, 0) is 57.2 Å². The normalized spacial score (nSPS) is 21.1. The average Bonchev–Trinajstić information content (AvgIpc) is 2.37. The smallest absolute Gasteiger partial charge is 0.124 e. The second kappa shape index (κ2) is 5.65. The maximum absolute atomic E-state index is 10.0. The molecule has 0 spiro atoms. The first kappa shape index (κ1) is 15.2. The van der Waals surface area contributed by atoms with Crippen LogP contribution in [-0.2, 0) is 0 Å². The summed E-state index contributed by atoms with van der Waals surface area (Å²) < 4.78 is 0. The second-order valence-corrected chi connectivity index (χ2v) is 6.95. The zero-order valence-corrected chi connectivity index (χ0v) is 13.1. The van der Waals surface area contributed by atoms with Crippen LogP contribution in [0.1, 0.15) is 58.1 Å². The second-order valence-electron chi connectivity index (χ2n) is 6.95. The first-order valence-corrected chi connectivity index (χ1v) is 7.54. The molecular weight excluding hydrogens is 250 g/mol. The molecule has 0 aliphatic heterocycles. The third kappa shape index (κ3) is 3.09. The van der Waals surface area contributed by atoms with Crippen molar-refractivity contribution in [1.29, 1.82) is 0 Å². The molecule has 1 atom stereocenters. The molecule has 1 unspecified atom stereocenters. The van der Waals surface area contributed by atoms with Crippen LogP contribution in [0, 0.1) is 5.41 Å². The molecule has 1 aliphatic carbocycles. The van der Waals surface area contributed by atoms with Crippen molar-refractivity contribution < 1.29 is 10.2 Å². The molecule has 3 nitrogen and oxygen atoms in total. The Labute approximate surface area is 122 Å². The zero-order chi connectivity index (χ0) is 14.9. The summed E-state index contributed by atoms with van der Waals surface area (Å²) in [6, 6.07) is 5.50. The van der Waals surface area contributed by atoms with Crippen molar-refractivity contribution in [3.05, 3.63) is 23.8 Å². The van der Waals surface area contributed by atoms with Gasteiger partial charge in [-0.25, -0.2) is 0 Å². The summed E-state index contributed by atoms with van der Waals surface area (Å²) in [7, 11) is 2.10. The molecule has 2 N–H and O–H groups in total. The molecule has 1 saturated carbocycles. The fraction of sp³-hybridized carbons (Fsp3) is 0.647. The van der Waals surface area contributed by atoms with Crippen LogP contribution in [0.5, 0.6) is 11.5 Å². The van der Waals surface area contributed by atoms with E-state index in [2.05, 4.69) is 32.7 Å². The molecule has 0 saturated heterocycles. The molecule has 0 radical (unpaired) electrons. The number of phenolic OH excluding ortho intramolecular Hbond substituents is 2. The predicted octanol–water partition coefficient (Wildman–Crippen LogP) is 4.06. The van der Waals surface area contributed by atoms with Crippen LogP contribution in [0.4, 0.5) is 0 Å². The predicted molar refractivity (Wildman–Crippen MR) is 82.0 cm³/mol. The third-order valence-electron chi connectivity index (χ3n) is 4.97. The number of aromatic hydroxyl groups is 2. The minimum atomic E-state index is 0.0161. The van der Waals surface area contributed by atoms with E-state index in [4.69, 9.17) is 0 Å². The van der Waals surface area contributed by atoms with E-state index in [-0.39, 0.29) is 17.5 Å². The van der Waals surface area contributed by atoms with E-state index < -0.39 is 0 Å². The lowest BCUT2D eigenvalue weighted by molar-refractivity contribution is 0.0983. The van der Waals surface area contributed by atoms with Gasteiger partial charge in [0.05, 0.1) is 5.56 Å². The summed E-state index contributed by atoms with van der Waals surface area (Å²) >= 11 is 0. The first-order valence-electron chi connectivity index (χ1n) is 7.54. The van der Waals surface area contributed by atoms with Crippen molar-refractivity contribution in [3.8, 4) is 11.5 Å². The van der Waals surface area contributed by atoms with Crippen molar-refractivity contribution in [1.82, 2.24) is 4.90 Å². The highest BCUT2D eigenvalue weighted by Crippen LogP contribution is 2.41. The van der Waals surface area contributed by atoms with Gasteiger partial charge in [0.25, 0.3) is 0 Å². The van der Waals surface area contributed by atoms with E-state index in [1.165, 1.54) is 25.7 Å². The van der Waals surface area contributed by atoms with Gasteiger partial charge in [0.1, 0.15) is 11.5 Å². The first-order chi connectivity index (χ1) is 9.32. The van der Waals surface area contributed by atoms with Gasteiger partial charge in [0, 0.05) is 12.1 Å². The van der Waals surface area contributed by atoms with Gasteiger partial charge in [-0.3, -0.25) is 4.90 Å². The minimum absolute atomic E-state index is 0.0161. The summed E-state index contributed by atoms with van der Waals surface area (Å²) in [6.07, 6.45) is 4.84. The fourth-order valence-corrected chi connectivity index (χ4v) is 3.28. The van der Waals surface area contributed by atoms with Crippen molar-refractivity contribution >= 4 is 0 Å². The van der Waals surface area contributed by atoms with E-state index in [0.717, 1.165) is 0 Å². The number of phenols is 2. The fourth-order valence-electron chi connectivity index (χ4n) is 3.28. The monoisotopic (exact) mass is 277 g/mol. The molecule has 1 aromatic carbocycles. The molecule has 1 aromatic rings. The Bertz CT molecular complexity index is 440. The summed E-state index contributed by atoms with van der Waals surface area (Å²) in [4.78, 5) is 2.30. The van der Waals surface area contributed by atoms with Crippen LogP contribution >= 0.6 is 0 Å². The highest BCUT2D eigenvalue weighted by Gasteiger charge is 2.31. The quantitative estimate of drug-likeness (QED) is 0.875. The summed E-state index contributed by atoms with van der Waals surface area (Å²) in [5.74, 6) is 0.362. The van der Waals surface area contributed by atoms with Crippen LogP contribution in [0.25, 0.3) is 0 Å². The van der Waals surface area contributed by atoms with E-state index in [1.807, 2.05) is 0 Å². The van der Waals surface area contributed by atoms with Gasteiger partial charge >= 0.3 is 0 Å². The lowest BCUT2D eigenvalue weighted by atomic mass is 9.75. The van der Waals surface area contributed by atoms with Gasteiger partial charge in [-0.15, -0.1) is 0 Å². The van der Waals surface area contributed by atoms with Gasteiger partial charge < -0.3 is 10.2 Å².